The Kier molecular flexibility index (Phi) is 5.22. The second-order valence-corrected chi connectivity index (χ2v) is 6.74. The minimum absolute atomic E-state index is 0. The van der Waals surface area contributed by atoms with Gasteiger partial charge in [0.2, 0.25) is 0 Å². The molecule has 0 radical (unpaired) electrons. The molecule has 0 spiro atoms. The highest BCUT2D eigenvalue weighted by Crippen LogP contribution is 2.41. The lowest BCUT2D eigenvalue weighted by atomic mass is 10.1. The van der Waals surface area contributed by atoms with Crippen LogP contribution >= 0.6 is 12.4 Å². The van der Waals surface area contributed by atoms with E-state index in [1.165, 1.54) is 31.4 Å². The first kappa shape index (κ1) is 17.0. The lowest BCUT2D eigenvalue weighted by Gasteiger charge is -2.07. The Balaban J connectivity index is 0.00000169. The van der Waals surface area contributed by atoms with Crippen LogP contribution in [0.25, 0.3) is 0 Å². The molecule has 2 N–H and O–H groups in total. The minimum atomic E-state index is -0.0613. The first-order valence-electron chi connectivity index (χ1n) is 8.49. The summed E-state index contributed by atoms with van der Waals surface area (Å²) in [5, 5.41) is 6.62. The quantitative estimate of drug-likeness (QED) is 0.825. The van der Waals surface area contributed by atoms with Crippen molar-refractivity contribution in [1.29, 1.82) is 0 Å². The zero-order valence-corrected chi connectivity index (χ0v) is 14.4. The summed E-state index contributed by atoms with van der Waals surface area (Å²) < 4.78 is 0. The van der Waals surface area contributed by atoms with E-state index >= 15 is 0 Å². The van der Waals surface area contributed by atoms with Gasteiger partial charge in [-0.1, -0.05) is 30.3 Å². The first-order valence-corrected chi connectivity index (χ1v) is 8.49. The van der Waals surface area contributed by atoms with Crippen molar-refractivity contribution in [2.45, 2.75) is 31.2 Å². The third kappa shape index (κ3) is 4.16. The highest BCUT2D eigenvalue weighted by Gasteiger charge is 2.38. The Labute approximate surface area is 149 Å². The molecule has 2 saturated carbocycles. The number of anilines is 1. The molecule has 0 bridgehead atoms. The van der Waals surface area contributed by atoms with Gasteiger partial charge in [0.15, 0.2) is 0 Å². The van der Waals surface area contributed by atoms with Crippen molar-refractivity contribution in [3.8, 4) is 0 Å². The summed E-state index contributed by atoms with van der Waals surface area (Å²) >= 11 is 0. The van der Waals surface area contributed by atoms with E-state index in [4.69, 9.17) is 0 Å². The van der Waals surface area contributed by atoms with Gasteiger partial charge in [-0.2, -0.15) is 0 Å². The first-order chi connectivity index (χ1) is 11.3. The number of halogens is 1. The average Bonchev–Trinajstić information content (AvgIpc) is 3.49. The fourth-order valence-corrected chi connectivity index (χ4v) is 3.04. The summed E-state index contributed by atoms with van der Waals surface area (Å²) in [6, 6.07) is 18.3. The van der Waals surface area contributed by atoms with Gasteiger partial charge in [0.1, 0.15) is 0 Å². The van der Waals surface area contributed by atoms with Crippen LogP contribution in [-0.2, 0) is 0 Å². The maximum absolute atomic E-state index is 12.1. The smallest absolute Gasteiger partial charge is 0.255 e. The molecule has 2 aromatic carbocycles. The Bertz CT molecular complexity index is 683. The summed E-state index contributed by atoms with van der Waals surface area (Å²) in [7, 11) is 0. The zero-order valence-electron chi connectivity index (χ0n) is 13.6. The molecule has 0 aromatic heterocycles. The van der Waals surface area contributed by atoms with E-state index in [2.05, 4.69) is 22.8 Å². The molecule has 0 saturated heterocycles. The molecule has 2 unspecified atom stereocenters. The van der Waals surface area contributed by atoms with Crippen molar-refractivity contribution in [3.05, 3.63) is 65.7 Å². The zero-order chi connectivity index (χ0) is 15.6. The lowest BCUT2D eigenvalue weighted by Crippen LogP contribution is -2.20. The van der Waals surface area contributed by atoms with Crippen LogP contribution in [0.3, 0.4) is 0 Å². The van der Waals surface area contributed by atoms with Gasteiger partial charge in [-0.3, -0.25) is 4.79 Å². The number of amides is 1. The van der Waals surface area contributed by atoms with Crippen LogP contribution in [0.1, 0.15) is 41.1 Å². The van der Waals surface area contributed by atoms with Gasteiger partial charge < -0.3 is 10.6 Å². The van der Waals surface area contributed by atoms with Gasteiger partial charge >= 0.3 is 0 Å². The van der Waals surface area contributed by atoms with Gasteiger partial charge in [-0.05, 0) is 61.6 Å². The number of nitrogens with one attached hydrogen (secondary N) is 2. The molecule has 2 fully saturated rings. The van der Waals surface area contributed by atoms with Gasteiger partial charge in [-0.25, -0.2) is 0 Å². The van der Waals surface area contributed by atoms with Crippen LogP contribution in [-0.4, -0.2) is 18.5 Å². The number of rotatable bonds is 6. The van der Waals surface area contributed by atoms with Crippen LogP contribution in [0.5, 0.6) is 0 Å². The van der Waals surface area contributed by atoms with Crippen molar-refractivity contribution in [3.63, 3.8) is 0 Å². The number of hydrogen-bond acceptors (Lipinski definition) is 2. The molecule has 2 aromatic rings. The van der Waals surface area contributed by atoms with E-state index < -0.39 is 0 Å². The van der Waals surface area contributed by atoms with Crippen molar-refractivity contribution >= 4 is 24.0 Å². The van der Waals surface area contributed by atoms with E-state index in [-0.39, 0.29) is 18.3 Å². The molecule has 2 aliphatic carbocycles. The topological polar surface area (TPSA) is 41.1 Å². The molecule has 0 heterocycles. The van der Waals surface area contributed by atoms with Crippen LogP contribution < -0.4 is 10.6 Å². The molecule has 2 atom stereocenters. The second-order valence-electron chi connectivity index (χ2n) is 6.74. The maximum Gasteiger partial charge on any atom is 0.255 e. The van der Waals surface area contributed by atoms with E-state index in [0.717, 1.165) is 11.6 Å². The second kappa shape index (κ2) is 7.37. The fourth-order valence-electron chi connectivity index (χ4n) is 3.04. The van der Waals surface area contributed by atoms with Crippen LogP contribution in [0.15, 0.2) is 54.6 Å². The third-order valence-electron chi connectivity index (χ3n) is 4.79. The molecule has 1 amide bonds. The predicted octanol–water partition coefficient (Wildman–Crippen LogP) is 4.22. The van der Waals surface area contributed by atoms with Crippen molar-refractivity contribution in [1.82, 2.24) is 5.32 Å². The van der Waals surface area contributed by atoms with E-state index in [9.17, 15) is 4.79 Å². The average molecular weight is 343 g/mol. The van der Waals surface area contributed by atoms with Gasteiger partial charge in [0.05, 0.1) is 0 Å². The SMILES string of the molecule is Cl.O=C(Nc1ccc(C2CC2NCC2CC2)cc1)c1ccccc1. The fraction of sp³-hybridized carbons (Fsp3) is 0.350. The minimum Gasteiger partial charge on any atom is -0.322 e. The molecular weight excluding hydrogens is 320 g/mol. The number of benzene rings is 2. The summed E-state index contributed by atoms with van der Waals surface area (Å²) in [4.78, 5) is 12.1. The van der Waals surface area contributed by atoms with Crippen LogP contribution in [0, 0.1) is 5.92 Å². The van der Waals surface area contributed by atoms with Gasteiger partial charge in [0.25, 0.3) is 5.91 Å². The molecule has 2 aliphatic rings. The number of carbonyl (C=O) groups is 1. The number of hydrogen-bond donors (Lipinski definition) is 2. The standard InChI is InChI=1S/C20H22N2O.ClH/c23-20(16-4-2-1-3-5-16)22-17-10-8-15(9-11-17)18-12-19(18)21-13-14-6-7-14;/h1-5,8-11,14,18-19,21H,6-7,12-13H2,(H,22,23);1H. The molecule has 4 rings (SSSR count). The Morgan fingerprint density at radius 1 is 1.00 bits per heavy atom. The maximum atomic E-state index is 12.1. The Hall–Kier alpha value is -1.84. The van der Waals surface area contributed by atoms with Gasteiger partial charge in [-0.15, -0.1) is 12.4 Å². The van der Waals surface area contributed by atoms with E-state index in [0.29, 0.717) is 17.5 Å². The highest BCUT2D eigenvalue weighted by atomic mass is 35.5. The number of carbonyl (C=O) groups excluding carboxylic acids is 1. The summed E-state index contributed by atoms with van der Waals surface area (Å²) in [6.07, 6.45) is 4.04. The Morgan fingerprint density at radius 3 is 2.38 bits per heavy atom. The largest absolute Gasteiger partial charge is 0.322 e. The molecule has 126 valence electrons. The Morgan fingerprint density at radius 2 is 1.71 bits per heavy atom. The molecule has 0 aliphatic heterocycles. The molecular formula is C20H23ClN2O. The van der Waals surface area contributed by atoms with Crippen LogP contribution in [0.2, 0.25) is 0 Å². The monoisotopic (exact) mass is 342 g/mol. The predicted molar refractivity (Wildman–Crippen MR) is 100.0 cm³/mol. The molecule has 4 heteroatoms. The third-order valence-corrected chi connectivity index (χ3v) is 4.79. The van der Waals surface area contributed by atoms with Crippen molar-refractivity contribution in [2.75, 3.05) is 11.9 Å². The highest BCUT2D eigenvalue weighted by molar-refractivity contribution is 6.04. The summed E-state index contributed by atoms with van der Waals surface area (Å²) in [5.41, 5.74) is 2.91. The van der Waals surface area contributed by atoms with Crippen LogP contribution in [0.4, 0.5) is 5.69 Å². The summed E-state index contributed by atoms with van der Waals surface area (Å²) in [5.74, 6) is 1.52. The van der Waals surface area contributed by atoms with E-state index in [1.54, 1.807) is 0 Å². The van der Waals surface area contributed by atoms with Gasteiger partial charge in [0, 0.05) is 23.2 Å². The molecule has 3 nitrogen and oxygen atoms in total. The van der Waals surface area contributed by atoms with E-state index in [1.807, 2.05) is 42.5 Å². The lowest BCUT2D eigenvalue weighted by molar-refractivity contribution is 0.102. The van der Waals surface area contributed by atoms with Crippen molar-refractivity contribution < 1.29 is 4.79 Å². The summed E-state index contributed by atoms with van der Waals surface area (Å²) in [6.45, 7) is 1.19. The van der Waals surface area contributed by atoms with Crippen molar-refractivity contribution in [2.24, 2.45) is 5.92 Å². The molecule has 24 heavy (non-hydrogen) atoms. The normalized spacial score (nSPS) is 21.7.